The van der Waals surface area contributed by atoms with E-state index in [0.717, 1.165) is 63.1 Å². The Morgan fingerprint density at radius 1 is 1.15 bits per heavy atom. The number of piperidine rings is 1. The lowest BCUT2D eigenvalue weighted by Gasteiger charge is -2.30. The van der Waals surface area contributed by atoms with E-state index in [1.807, 2.05) is 12.1 Å². The molecule has 0 radical (unpaired) electrons. The number of hydrogen-bond acceptors (Lipinski definition) is 5. The number of aromatic amines is 1. The van der Waals surface area contributed by atoms with E-state index in [0.29, 0.717) is 16.7 Å². The van der Waals surface area contributed by atoms with Gasteiger partial charge >= 0.3 is 0 Å². The van der Waals surface area contributed by atoms with Crippen molar-refractivity contribution in [3.8, 4) is 0 Å². The molecule has 27 heavy (non-hydrogen) atoms. The number of nitrogens with one attached hydrogen (secondary N) is 1. The summed E-state index contributed by atoms with van der Waals surface area (Å²) in [4.78, 5) is 21.1. The van der Waals surface area contributed by atoms with Gasteiger partial charge in [-0.25, -0.2) is 0 Å². The molecule has 1 aromatic carbocycles. The number of hydrogen-bond donors (Lipinski definition) is 1. The molecule has 0 bridgehead atoms. The van der Waals surface area contributed by atoms with Crippen molar-refractivity contribution in [1.82, 2.24) is 14.5 Å². The van der Waals surface area contributed by atoms with Crippen molar-refractivity contribution in [3.05, 3.63) is 33.3 Å². The molecule has 3 heterocycles. The highest BCUT2D eigenvalue weighted by Crippen LogP contribution is 2.20. The molecule has 146 valence electrons. The minimum absolute atomic E-state index is 0.00855. The van der Waals surface area contributed by atoms with Crippen molar-refractivity contribution in [2.24, 2.45) is 5.92 Å². The molecule has 0 saturated carbocycles. The molecule has 2 fully saturated rings. The van der Waals surface area contributed by atoms with E-state index in [1.54, 1.807) is 4.57 Å². The topological polar surface area (TPSA) is 53.5 Å². The third-order valence-electron chi connectivity index (χ3n) is 5.86. The molecular formula is C20H28N4O2S. The van der Waals surface area contributed by atoms with E-state index in [-0.39, 0.29) is 5.56 Å². The first-order chi connectivity index (χ1) is 13.1. The van der Waals surface area contributed by atoms with Gasteiger partial charge in [0.2, 0.25) is 0 Å². The summed E-state index contributed by atoms with van der Waals surface area (Å²) < 4.78 is 7.66. The zero-order valence-corrected chi connectivity index (χ0v) is 16.8. The fourth-order valence-corrected chi connectivity index (χ4v) is 4.27. The zero-order chi connectivity index (χ0) is 18.8. The molecule has 7 heteroatoms. The van der Waals surface area contributed by atoms with Gasteiger partial charge in [-0.3, -0.25) is 9.36 Å². The normalized spacial score (nSPS) is 19.7. The second-order valence-corrected chi connectivity index (χ2v) is 8.13. The molecule has 0 amide bonds. The molecule has 0 unspecified atom stereocenters. The van der Waals surface area contributed by atoms with Gasteiger partial charge in [0, 0.05) is 31.9 Å². The molecule has 2 aliphatic rings. The Bertz CT molecular complexity index is 908. The predicted molar refractivity (Wildman–Crippen MR) is 111 cm³/mol. The summed E-state index contributed by atoms with van der Waals surface area (Å²) >= 11 is 5.47. The molecule has 6 nitrogen and oxygen atoms in total. The highest BCUT2D eigenvalue weighted by atomic mass is 32.1. The molecule has 1 N–H and O–H groups in total. The Hall–Kier alpha value is -1.70. The van der Waals surface area contributed by atoms with Crippen LogP contribution < -0.4 is 10.5 Å². The summed E-state index contributed by atoms with van der Waals surface area (Å²) in [6.07, 6.45) is 2.48. The summed E-state index contributed by atoms with van der Waals surface area (Å²) in [5.74, 6) is 0.811. The number of nitrogens with zero attached hydrogens (tertiary/aromatic N) is 3. The Morgan fingerprint density at radius 2 is 1.89 bits per heavy atom. The van der Waals surface area contributed by atoms with Crippen LogP contribution in [0.4, 0.5) is 5.69 Å². The van der Waals surface area contributed by atoms with E-state index < -0.39 is 0 Å². The Balaban J connectivity index is 1.58. The lowest BCUT2D eigenvalue weighted by atomic mass is 9.99. The van der Waals surface area contributed by atoms with Crippen molar-refractivity contribution >= 4 is 28.8 Å². The third kappa shape index (κ3) is 4.10. The van der Waals surface area contributed by atoms with Crippen LogP contribution in [0.3, 0.4) is 0 Å². The van der Waals surface area contributed by atoms with Gasteiger partial charge in [-0.1, -0.05) is 6.92 Å². The number of H-pyrrole nitrogens is 1. The Morgan fingerprint density at radius 3 is 2.63 bits per heavy atom. The Kier molecular flexibility index (Phi) is 5.61. The van der Waals surface area contributed by atoms with Crippen LogP contribution >= 0.6 is 12.2 Å². The zero-order valence-electron chi connectivity index (χ0n) is 15.9. The first-order valence-corrected chi connectivity index (χ1v) is 10.3. The maximum atomic E-state index is 13.1. The van der Waals surface area contributed by atoms with Gasteiger partial charge in [0.05, 0.1) is 24.1 Å². The number of likely N-dealkylation sites (tertiary alicyclic amines) is 1. The monoisotopic (exact) mass is 388 g/mol. The minimum Gasteiger partial charge on any atom is -0.378 e. The number of fused-ring (bicyclic) bond motifs is 1. The number of anilines is 1. The average Bonchev–Trinajstić information content (AvgIpc) is 2.70. The highest BCUT2D eigenvalue weighted by molar-refractivity contribution is 7.71. The fourth-order valence-electron chi connectivity index (χ4n) is 3.99. The van der Waals surface area contributed by atoms with Crippen LogP contribution in [0.5, 0.6) is 0 Å². The largest absolute Gasteiger partial charge is 0.378 e. The fraction of sp³-hybridized carbons (Fsp3) is 0.600. The van der Waals surface area contributed by atoms with E-state index >= 15 is 0 Å². The lowest BCUT2D eigenvalue weighted by Crippen LogP contribution is -2.37. The summed E-state index contributed by atoms with van der Waals surface area (Å²) in [5, 5.41) is 0.708. The molecule has 2 aliphatic heterocycles. The van der Waals surface area contributed by atoms with E-state index in [4.69, 9.17) is 17.0 Å². The quantitative estimate of drug-likeness (QED) is 0.816. The molecule has 1 aromatic heterocycles. The molecule has 0 spiro atoms. The van der Waals surface area contributed by atoms with Crippen molar-refractivity contribution in [2.75, 3.05) is 50.8 Å². The number of morpholine rings is 1. The number of benzene rings is 1. The molecule has 0 aliphatic carbocycles. The molecule has 4 rings (SSSR count). The van der Waals surface area contributed by atoms with Crippen molar-refractivity contribution in [1.29, 1.82) is 0 Å². The Labute approximate surface area is 164 Å². The van der Waals surface area contributed by atoms with Crippen LogP contribution in [-0.4, -0.2) is 60.4 Å². The van der Waals surface area contributed by atoms with Gasteiger partial charge in [-0.15, -0.1) is 0 Å². The molecular weight excluding hydrogens is 360 g/mol. The maximum absolute atomic E-state index is 13.1. The summed E-state index contributed by atoms with van der Waals surface area (Å²) in [7, 11) is 0. The van der Waals surface area contributed by atoms with Crippen LogP contribution in [0.2, 0.25) is 0 Å². The summed E-state index contributed by atoms with van der Waals surface area (Å²) in [6.45, 7) is 9.22. The number of rotatable bonds is 4. The van der Waals surface area contributed by atoms with Crippen LogP contribution in [-0.2, 0) is 11.3 Å². The van der Waals surface area contributed by atoms with E-state index in [2.05, 4.69) is 27.8 Å². The van der Waals surface area contributed by atoms with E-state index in [1.165, 1.54) is 12.8 Å². The predicted octanol–water partition coefficient (Wildman–Crippen LogP) is 2.63. The molecule has 2 aromatic rings. The number of ether oxygens (including phenoxy) is 1. The maximum Gasteiger partial charge on any atom is 0.262 e. The van der Waals surface area contributed by atoms with Crippen LogP contribution in [0.1, 0.15) is 19.8 Å². The van der Waals surface area contributed by atoms with Gasteiger partial charge in [0.15, 0.2) is 4.77 Å². The van der Waals surface area contributed by atoms with Crippen molar-refractivity contribution in [3.63, 3.8) is 0 Å². The summed E-state index contributed by atoms with van der Waals surface area (Å²) in [5.41, 5.74) is 1.89. The van der Waals surface area contributed by atoms with Gasteiger partial charge in [0.1, 0.15) is 0 Å². The first kappa shape index (κ1) is 18.7. The third-order valence-corrected chi connectivity index (χ3v) is 6.18. The standard InChI is InChI=1S/C20H28N4O2S/c1-15-4-6-22(7-5-15)8-9-24-19(25)17-14-16(23-10-12-26-13-11-23)2-3-18(17)21-20(24)27/h2-3,14-15H,4-13H2,1H3,(H,21,27). The second-order valence-electron chi connectivity index (χ2n) is 7.74. The van der Waals surface area contributed by atoms with Gasteiger partial charge < -0.3 is 19.5 Å². The highest BCUT2D eigenvalue weighted by Gasteiger charge is 2.17. The van der Waals surface area contributed by atoms with E-state index in [9.17, 15) is 4.79 Å². The van der Waals surface area contributed by atoms with Gasteiger partial charge in [-0.2, -0.15) is 0 Å². The van der Waals surface area contributed by atoms with Crippen molar-refractivity contribution in [2.45, 2.75) is 26.3 Å². The van der Waals surface area contributed by atoms with Crippen LogP contribution in [0.25, 0.3) is 10.9 Å². The van der Waals surface area contributed by atoms with Crippen LogP contribution in [0.15, 0.2) is 23.0 Å². The average molecular weight is 389 g/mol. The van der Waals surface area contributed by atoms with Gasteiger partial charge in [0.25, 0.3) is 5.56 Å². The lowest BCUT2D eigenvalue weighted by molar-refractivity contribution is 0.122. The molecule has 2 saturated heterocycles. The molecule has 0 atom stereocenters. The van der Waals surface area contributed by atoms with Crippen molar-refractivity contribution < 1.29 is 4.74 Å². The van der Waals surface area contributed by atoms with Crippen LogP contribution in [0, 0.1) is 10.7 Å². The SMILES string of the molecule is CC1CCN(CCn2c(=S)[nH]c3ccc(N4CCOCC4)cc3c2=O)CC1. The number of aromatic nitrogens is 2. The first-order valence-electron chi connectivity index (χ1n) is 9.94. The van der Waals surface area contributed by atoms with Gasteiger partial charge in [-0.05, 0) is 62.3 Å². The second kappa shape index (κ2) is 8.12. The smallest absolute Gasteiger partial charge is 0.262 e. The summed E-state index contributed by atoms with van der Waals surface area (Å²) in [6, 6.07) is 6.01. The minimum atomic E-state index is 0.00855.